The lowest BCUT2D eigenvalue weighted by Gasteiger charge is -2.34. The number of para-hydroxylation sites is 1. The van der Waals surface area contributed by atoms with Crippen molar-refractivity contribution in [3.8, 4) is 0 Å². The molecule has 1 aromatic carbocycles. The normalized spacial score (nSPS) is 15.9. The number of hydrogen-bond acceptors (Lipinski definition) is 4. The third-order valence-corrected chi connectivity index (χ3v) is 8.57. The summed E-state index contributed by atoms with van der Waals surface area (Å²) in [6.45, 7) is 5.94. The van der Waals surface area contributed by atoms with Crippen molar-refractivity contribution in [1.29, 1.82) is 0 Å². The van der Waals surface area contributed by atoms with Crippen molar-refractivity contribution in [3.05, 3.63) is 52.3 Å². The van der Waals surface area contributed by atoms with Gasteiger partial charge in [0.15, 0.2) is 0 Å². The van der Waals surface area contributed by atoms with E-state index in [0.717, 1.165) is 20.7 Å². The fourth-order valence-corrected chi connectivity index (χ4v) is 6.84. The van der Waals surface area contributed by atoms with E-state index in [9.17, 15) is 13.2 Å². The summed E-state index contributed by atoms with van der Waals surface area (Å²) in [6.07, 6.45) is 2.42. The summed E-state index contributed by atoms with van der Waals surface area (Å²) in [6, 6.07) is 11.9. The first kappa shape index (κ1) is 20.1. The van der Waals surface area contributed by atoms with E-state index in [-0.39, 0.29) is 5.91 Å². The second-order valence-corrected chi connectivity index (χ2v) is 10.7. The van der Waals surface area contributed by atoms with Crippen LogP contribution in [0.1, 0.15) is 16.2 Å². The lowest BCUT2D eigenvalue weighted by Crippen LogP contribution is -2.50. The molecule has 0 N–H and O–H groups in total. The summed E-state index contributed by atoms with van der Waals surface area (Å²) in [4.78, 5) is 16.7. The van der Waals surface area contributed by atoms with Crippen molar-refractivity contribution in [1.82, 2.24) is 13.8 Å². The number of sulfonamides is 1. The number of carbonyl (C=O) groups excluding carboxylic acids is 1. The van der Waals surface area contributed by atoms with Gasteiger partial charge in [-0.05, 0) is 37.4 Å². The third kappa shape index (κ3) is 3.97. The van der Waals surface area contributed by atoms with Crippen LogP contribution in [0.15, 0.2) is 47.5 Å². The highest BCUT2D eigenvalue weighted by atomic mass is 32.2. The Bertz CT molecular complexity index is 1140. The maximum absolute atomic E-state index is 12.9. The zero-order chi connectivity index (χ0) is 20.6. The number of rotatable bonds is 5. The van der Waals surface area contributed by atoms with Gasteiger partial charge in [0, 0.05) is 60.6 Å². The molecule has 0 unspecified atom stereocenters. The van der Waals surface area contributed by atoms with Crippen LogP contribution in [0, 0.1) is 13.8 Å². The molecule has 4 rings (SSSR count). The van der Waals surface area contributed by atoms with Crippen LogP contribution in [-0.4, -0.2) is 54.3 Å². The summed E-state index contributed by atoms with van der Waals surface area (Å²) in [7, 11) is -3.49. The minimum absolute atomic E-state index is 0.0717. The molecule has 0 saturated carbocycles. The van der Waals surface area contributed by atoms with E-state index < -0.39 is 10.0 Å². The molecule has 1 saturated heterocycles. The Hall–Kier alpha value is -2.16. The quantitative estimate of drug-likeness (QED) is 0.623. The second-order valence-electron chi connectivity index (χ2n) is 7.38. The lowest BCUT2D eigenvalue weighted by atomic mass is 10.2. The number of piperazine rings is 1. The van der Waals surface area contributed by atoms with Crippen molar-refractivity contribution >= 4 is 38.2 Å². The van der Waals surface area contributed by atoms with Gasteiger partial charge in [0.25, 0.3) is 0 Å². The van der Waals surface area contributed by atoms with Crippen LogP contribution in [0.3, 0.4) is 0 Å². The smallest absolute Gasteiger partial charge is 0.244 e. The fraction of sp³-hybridized carbons (Fsp3) is 0.381. The van der Waals surface area contributed by atoms with E-state index in [1.807, 2.05) is 32.2 Å². The van der Waals surface area contributed by atoms with E-state index in [1.54, 1.807) is 11.0 Å². The molecule has 0 spiro atoms. The molecule has 29 heavy (non-hydrogen) atoms. The molecule has 1 aliphatic rings. The van der Waals surface area contributed by atoms with Crippen LogP contribution in [0.4, 0.5) is 0 Å². The minimum Gasteiger partial charge on any atom is -0.347 e. The van der Waals surface area contributed by atoms with E-state index >= 15 is 0 Å². The molecule has 1 amide bonds. The first-order valence-corrected chi connectivity index (χ1v) is 12.0. The Morgan fingerprint density at radius 3 is 2.48 bits per heavy atom. The number of fused-ring (bicyclic) bond motifs is 1. The molecule has 2 aromatic heterocycles. The van der Waals surface area contributed by atoms with Gasteiger partial charge in [0.1, 0.15) is 0 Å². The average Bonchev–Trinajstić information content (AvgIpc) is 3.29. The summed E-state index contributed by atoms with van der Waals surface area (Å²) < 4.78 is 29.5. The van der Waals surface area contributed by atoms with Crippen LogP contribution in [-0.2, 0) is 21.4 Å². The van der Waals surface area contributed by atoms with Crippen molar-refractivity contribution in [2.24, 2.45) is 0 Å². The van der Waals surface area contributed by atoms with Gasteiger partial charge >= 0.3 is 0 Å². The van der Waals surface area contributed by atoms with Crippen molar-refractivity contribution in [3.63, 3.8) is 0 Å². The topological polar surface area (TPSA) is 62.6 Å². The maximum atomic E-state index is 12.9. The molecule has 1 aliphatic heterocycles. The van der Waals surface area contributed by atoms with Crippen LogP contribution >= 0.6 is 11.3 Å². The minimum atomic E-state index is -3.49. The average molecular weight is 432 g/mol. The number of aryl methyl sites for hydroxylation is 3. The number of nitrogens with zero attached hydrogens (tertiary/aromatic N) is 3. The Labute approximate surface area is 175 Å². The van der Waals surface area contributed by atoms with Gasteiger partial charge in [0.05, 0.1) is 4.90 Å². The van der Waals surface area contributed by atoms with Gasteiger partial charge in [-0.2, -0.15) is 4.31 Å². The summed E-state index contributed by atoms with van der Waals surface area (Å²) in [5, 5.41) is 1.16. The van der Waals surface area contributed by atoms with Crippen LogP contribution < -0.4 is 0 Å². The van der Waals surface area contributed by atoms with Crippen molar-refractivity contribution < 1.29 is 13.2 Å². The predicted molar refractivity (Wildman–Crippen MR) is 116 cm³/mol. The van der Waals surface area contributed by atoms with E-state index in [0.29, 0.717) is 44.0 Å². The van der Waals surface area contributed by atoms with Gasteiger partial charge in [-0.15, -0.1) is 11.3 Å². The highest BCUT2D eigenvalue weighted by molar-refractivity contribution is 7.89. The van der Waals surface area contributed by atoms with Crippen LogP contribution in [0.25, 0.3) is 10.9 Å². The van der Waals surface area contributed by atoms with Gasteiger partial charge in [0.2, 0.25) is 15.9 Å². The van der Waals surface area contributed by atoms with Crippen LogP contribution in [0.5, 0.6) is 0 Å². The largest absolute Gasteiger partial charge is 0.347 e. The molecule has 0 aliphatic carbocycles. The van der Waals surface area contributed by atoms with Gasteiger partial charge < -0.3 is 9.47 Å². The standard InChI is InChI=1S/C21H25N3O3S2/c1-16-15-20(17(2)28-16)29(26,27)24-13-11-23(12-14-24)21(25)8-10-22-9-7-18-5-3-4-6-19(18)22/h3-7,9,15H,8,10-14H2,1-2H3. The Morgan fingerprint density at radius 1 is 1.07 bits per heavy atom. The van der Waals surface area contributed by atoms with Crippen molar-refractivity contribution in [2.75, 3.05) is 26.2 Å². The maximum Gasteiger partial charge on any atom is 0.244 e. The van der Waals surface area contributed by atoms with Crippen LogP contribution in [0.2, 0.25) is 0 Å². The number of thiophene rings is 1. The number of hydrogen-bond donors (Lipinski definition) is 0. The molecular formula is C21H25N3O3S2. The summed E-state index contributed by atoms with van der Waals surface area (Å²) >= 11 is 1.50. The Balaban J connectivity index is 1.35. The molecule has 6 nitrogen and oxygen atoms in total. The Morgan fingerprint density at radius 2 is 1.79 bits per heavy atom. The van der Waals surface area contributed by atoms with E-state index in [1.165, 1.54) is 15.6 Å². The van der Waals surface area contributed by atoms with E-state index in [2.05, 4.69) is 22.8 Å². The SMILES string of the molecule is Cc1cc(S(=O)(=O)N2CCN(C(=O)CCn3ccc4ccccc43)CC2)c(C)s1. The first-order chi connectivity index (χ1) is 13.9. The lowest BCUT2D eigenvalue weighted by molar-refractivity contribution is -0.132. The molecule has 0 bridgehead atoms. The molecule has 3 aromatic rings. The second kappa shape index (κ2) is 7.93. The zero-order valence-electron chi connectivity index (χ0n) is 16.7. The van der Waals surface area contributed by atoms with Gasteiger partial charge in [-0.1, -0.05) is 18.2 Å². The van der Waals surface area contributed by atoms with Crippen molar-refractivity contribution in [2.45, 2.75) is 31.7 Å². The highest BCUT2D eigenvalue weighted by Gasteiger charge is 2.31. The highest BCUT2D eigenvalue weighted by Crippen LogP contribution is 2.28. The molecule has 3 heterocycles. The molecule has 0 radical (unpaired) electrons. The Kier molecular flexibility index (Phi) is 5.50. The summed E-state index contributed by atoms with van der Waals surface area (Å²) in [5.74, 6) is 0.0717. The number of carbonyl (C=O) groups is 1. The monoisotopic (exact) mass is 431 g/mol. The van der Waals surface area contributed by atoms with E-state index in [4.69, 9.17) is 0 Å². The molecular weight excluding hydrogens is 406 g/mol. The fourth-order valence-electron chi connectivity index (χ4n) is 3.89. The molecule has 0 atom stereocenters. The molecule has 8 heteroatoms. The molecule has 1 fully saturated rings. The first-order valence-electron chi connectivity index (χ1n) is 9.75. The number of aromatic nitrogens is 1. The summed E-state index contributed by atoms with van der Waals surface area (Å²) in [5.41, 5.74) is 1.12. The molecule has 154 valence electrons. The third-order valence-electron chi connectivity index (χ3n) is 5.45. The zero-order valence-corrected chi connectivity index (χ0v) is 18.3. The van der Waals surface area contributed by atoms with Gasteiger partial charge in [-0.3, -0.25) is 4.79 Å². The number of benzene rings is 1. The van der Waals surface area contributed by atoms with Gasteiger partial charge in [-0.25, -0.2) is 8.42 Å². The number of amides is 1. The predicted octanol–water partition coefficient (Wildman–Crippen LogP) is 3.24.